The fraction of sp³-hybridized carbons (Fsp3) is 0.286. The number of pyridine rings is 1. The molecular weight excluding hydrogens is 181 g/mol. The molecule has 0 spiro atoms. The van der Waals surface area contributed by atoms with Crippen LogP contribution in [0.1, 0.15) is 11.6 Å². The molecule has 0 saturated heterocycles. The van der Waals surface area contributed by atoms with Gasteiger partial charge in [-0.1, -0.05) is 11.6 Å². The summed E-state index contributed by atoms with van der Waals surface area (Å²) in [6.45, 7) is 0.166. The van der Waals surface area contributed by atoms with Gasteiger partial charge in [0.15, 0.2) is 0 Å². The van der Waals surface area contributed by atoms with Crippen LogP contribution >= 0.6 is 11.6 Å². The third-order valence-corrected chi connectivity index (χ3v) is 1.69. The van der Waals surface area contributed by atoms with Crippen molar-refractivity contribution in [3.05, 3.63) is 28.8 Å². The smallest absolute Gasteiger partial charge is 0.217 e. The topological polar surface area (TPSA) is 64.9 Å². The van der Waals surface area contributed by atoms with E-state index >= 15 is 0 Å². The minimum absolute atomic E-state index is 0.166. The first-order valence-electron chi connectivity index (χ1n) is 3.41. The molecule has 0 aromatic carbocycles. The second-order valence-corrected chi connectivity index (χ2v) is 2.81. The van der Waals surface area contributed by atoms with Gasteiger partial charge in [-0.3, -0.25) is 0 Å². The van der Waals surface area contributed by atoms with E-state index in [0.29, 0.717) is 5.02 Å². The highest BCUT2D eigenvalue weighted by molar-refractivity contribution is 6.30. The zero-order chi connectivity index (χ0) is 9.14. The Bertz CT molecular complexity index is 279. The summed E-state index contributed by atoms with van der Waals surface area (Å²) in [4.78, 5) is 3.41. The summed E-state index contributed by atoms with van der Waals surface area (Å²) in [6.07, 6.45) is 1.23. The maximum Gasteiger partial charge on any atom is 0.217 e. The van der Waals surface area contributed by atoms with Crippen molar-refractivity contribution < 1.29 is 4.39 Å². The van der Waals surface area contributed by atoms with Gasteiger partial charge in [-0.2, -0.15) is 4.39 Å². The van der Waals surface area contributed by atoms with Crippen molar-refractivity contribution in [2.24, 2.45) is 11.5 Å². The summed E-state index contributed by atoms with van der Waals surface area (Å²) in [5.74, 6) is -0.614. The van der Waals surface area contributed by atoms with Gasteiger partial charge in [0.1, 0.15) is 0 Å². The average molecular weight is 190 g/mol. The highest BCUT2D eigenvalue weighted by atomic mass is 35.5. The third kappa shape index (κ3) is 1.91. The molecule has 0 unspecified atom stereocenters. The summed E-state index contributed by atoms with van der Waals surface area (Å²) < 4.78 is 12.9. The van der Waals surface area contributed by atoms with Gasteiger partial charge in [0, 0.05) is 24.3 Å². The quantitative estimate of drug-likeness (QED) is 0.678. The van der Waals surface area contributed by atoms with Crippen LogP contribution in [0.15, 0.2) is 12.3 Å². The van der Waals surface area contributed by atoms with Crippen molar-refractivity contribution >= 4 is 11.6 Å². The van der Waals surface area contributed by atoms with Crippen molar-refractivity contribution in [1.29, 1.82) is 0 Å². The van der Waals surface area contributed by atoms with E-state index in [2.05, 4.69) is 4.98 Å². The molecule has 0 fully saturated rings. The molecule has 66 valence electrons. The lowest BCUT2D eigenvalue weighted by Gasteiger charge is -2.08. The minimum atomic E-state index is -0.614. The summed E-state index contributed by atoms with van der Waals surface area (Å²) in [5, 5.41) is 0.357. The van der Waals surface area contributed by atoms with E-state index in [0.717, 1.165) is 0 Å². The molecule has 0 saturated carbocycles. The van der Waals surface area contributed by atoms with Crippen LogP contribution in [0.2, 0.25) is 5.02 Å². The molecule has 1 aromatic rings. The van der Waals surface area contributed by atoms with Gasteiger partial charge in [0.05, 0.1) is 5.02 Å². The number of nitrogens with two attached hydrogens (primary N) is 2. The Balaban J connectivity index is 3.04. The van der Waals surface area contributed by atoms with Gasteiger partial charge in [-0.05, 0) is 6.07 Å². The summed E-state index contributed by atoms with van der Waals surface area (Å²) in [6, 6.07) is 0.887. The molecule has 0 aliphatic carbocycles. The van der Waals surface area contributed by atoms with Crippen molar-refractivity contribution in [3.8, 4) is 0 Å². The monoisotopic (exact) mass is 189 g/mol. The first-order chi connectivity index (χ1) is 5.65. The number of hydrogen-bond donors (Lipinski definition) is 2. The van der Waals surface area contributed by atoms with Crippen molar-refractivity contribution in [1.82, 2.24) is 4.98 Å². The van der Waals surface area contributed by atoms with Gasteiger partial charge < -0.3 is 11.5 Å². The number of aromatic nitrogens is 1. The molecule has 1 heterocycles. The number of rotatable bonds is 2. The standard InChI is InChI=1S/C7H9ClFN3/c8-4-1-5(6(11)2-10)7(9)12-3-4/h1,3,6H,2,10-11H2/t6-/m0/s1. The van der Waals surface area contributed by atoms with Crippen LogP contribution in [0.4, 0.5) is 4.39 Å². The largest absolute Gasteiger partial charge is 0.329 e. The molecule has 0 radical (unpaired) electrons. The van der Waals surface area contributed by atoms with Crippen LogP contribution in [-0.2, 0) is 0 Å². The second-order valence-electron chi connectivity index (χ2n) is 2.38. The fourth-order valence-electron chi connectivity index (χ4n) is 0.825. The van der Waals surface area contributed by atoms with Gasteiger partial charge in [-0.15, -0.1) is 0 Å². The summed E-state index contributed by atoms with van der Waals surface area (Å²) >= 11 is 5.59. The number of nitrogens with zero attached hydrogens (tertiary/aromatic N) is 1. The van der Waals surface area contributed by atoms with Crippen molar-refractivity contribution in [2.45, 2.75) is 6.04 Å². The average Bonchev–Trinajstić information content (AvgIpc) is 2.08. The highest BCUT2D eigenvalue weighted by Crippen LogP contribution is 2.16. The molecule has 0 bridgehead atoms. The maximum atomic E-state index is 12.9. The predicted molar refractivity (Wildman–Crippen MR) is 45.2 cm³/mol. The molecular formula is C7H9ClFN3. The molecule has 3 nitrogen and oxygen atoms in total. The number of halogens is 2. The molecule has 1 atom stereocenters. The Morgan fingerprint density at radius 3 is 2.92 bits per heavy atom. The molecule has 5 heteroatoms. The first-order valence-corrected chi connectivity index (χ1v) is 3.79. The third-order valence-electron chi connectivity index (χ3n) is 1.49. The lowest BCUT2D eigenvalue weighted by atomic mass is 10.1. The van der Waals surface area contributed by atoms with E-state index in [4.69, 9.17) is 23.1 Å². The zero-order valence-corrected chi connectivity index (χ0v) is 7.05. The van der Waals surface area contributed by atoms with Gasteiger partial charge in [-0.25, -0.2) is 4.98 Å². The second kappa shape index (κ2) is 3.80. The normalized spacial score (nSPS) is 13.0. The van der Waals surface area contributed by atoms with E-state index < -0.39 is 12.0 Å². The Hall–Kier alpha value is -0.710. The van der Waals surface area contributed by atoms with Crippen LogP contribution in [-0.4, -0.2) is 11.5 Å². The first kappa shape index (κ1) is 9.38. The van der Waals surface area contributed by atoms with E-state index in [-0.39, 0.29) is 12.1 Å². The predicted octanol–water partition coefficient (Wildman–Crippen LogP) is 0.833. The van der Waals surface area contributed by atoms with Crippen LogP contribution in [0.5, 0.6) is 0 Å². The Morgan fingerprint density at radius 2 is 2.33 bits per heavy atom. The molecule has 0 amide bonds. The Labute approximate surface area is 74.5 Å². The maximum absolute atomic E-state index is 12.9. The van der Waals surface area contributed by atoms with E-state index in [1.54, 1.807) is 0 Å². The highest BCUT2D eigenvalue weighted by Gasteiger charge is 2.10. The molecule has 0 aliphatic rings. The minimum Gasteiger partial charge on any atom is -0.329 e. The molecule has 1 rings (SSSR count). The molecule has 4 N–H and O–H groups in total. The van der Waals surface area contributed by atoms with E-state index in [9.17, 15) is 4.39 Å². The summed E-state index contributed by atoms with van der Waals surface area (Å²) in [7, 11) is 0. The Kier molecular flexibility index (Phi) is 2.97. The van der Waals surface area contributed by atoms with Crippen LogP contribution in [0.3, 0.4) is 0 Å². The molecule has 12 heavy (non-hydrogen) atoms. The van der Waals surface area contributed by atoms with Crippen LogP contribution in [0, 0.1) is 5.95 Å². The van der Waals surface area contributed by atoms with Crippen molar-refractivity contribution in [3.63, 3.8) is 0 Å². The Morgan fingerprint density at radius 1 is 1.67 bits per heavy atom. The number of hydrogen-bond acceptors (Lipinski definition) is 3. The zero-order valence-electron chi connectivity index (χ0n) is 6.30. The lowest BCUT2D eigenvalue weighted by molar-refractivity contribution is 0.546. The summed E-state index contributed by atoms with van der Waals surface area (Å²) in [5.41, 5.74) is 11.0. The lowest BCUT2D eigenvalue weighted by Crippen LogP contribution is -2.22. The van der Waals surface area contributed by atoms with E-state index in [1.165, 1.54) is 12.3 Å². The van der Waals surface area contributed by atoms with E-state index in [1.807, 2.05) is 0 Å². The van der Waals surface area contributed by atoms with Gasteiger partial charge in [0.25, 0.3) is 0 Å². The van der Waals surface area contributed by atoms with Crippen LogP contribution in [0.25, 0.3) is 0 Å². The molecule has 0 aliphatic heterocycles. The van der Waals surface area contributed by atoms with Gasteiger partial charge in [0.2, 0.25) is 5.95 Å². The van der Waals surface area contributed by atoms with Gasteiger partial charge >= 0.3 is 0 Å². The van der Waals surface area contributed by atoms with Crippen LogP contribution < -0.4 is 11.5 Å². The SMILES string of the molecule is NC[C@H](N)c1cc(Cl)cnc1F. The van der Waals surface area contributed by atoms with Crippen molar-refractivity contribution in [2.75, 3.05) is 6.54 Å². The molecule has 1 aromatic heterocycles. The fourth-order valence-corrected chi connectivity index (χ4v) is 0.992.